The van der Waals surface area contributed by atoms with E-state index in [9.17, 15) is 27.6 Å². The second-order valence-corrected chi connectivity index (χ2v) is 7.22. The molecule has 0 saturated heterocycles. The van der Waals surface area contributed by atoms with E-state index in [0.29, 0.717) is 13.0 Å². The van der Waals surface area contributed by atoms with Crippen molar-refractivity contribution in [3.63, 3.8) is 0 Å². The van der Waals surface area contributed by atoms with Crippen molar-refractivity contribution in [2.24, 2.45) is 0 Å². The molecule has 0 unspecified atom stereocenters. The molecule has 0 saturated carbocycles. The largest absolute Gasteiger partial charge is 0.449 e. The lowest BCUT2D eigenvalue weighted by Crippen LogP contribution is -2.39. The second kappa shape index (κ2) is 8.77. The highest BCUT2D eigenvalue weighted by atomic mass is 19.4. The van der Waals surface area contributed by atoms with Gasteiger partial charge >= 0.3 is 11.9 Å². The SMILES string of the molecule is CCCCn1c(N)c(N(C)CC(=O)Nc2ccc3nc(C(F)(F)F)[nH]c3c2)c(=O)[nH]c1=O. The number of halogens is 3. The van der Waals surface area contributed by atoms with E-state index < -0.39 is 29.2 Å². The first-order chi connectivity index (χ1) is 15.0. The summed E-state index contributed by atoms with van der Waals surface area (Å²) in [4.78, 5) is 45.9. The highest BCUT2D eigenvalue weighted by molar-refractivity contribution is 5.96. The number of H-pyrrole nitrogens is 2. The van der Waals surface area contributed by atoms with E-state index >= 15 is 0 Å². The molecule has 3 aromatic rings. The van der Waals surface area contributed by atoms with Crippen LogP contribution in [0.25, 0.3) is 11.0 Å². The molecule has 2 aromatic heterocycles. The Bertz CT molecular complexity index is 1260. The average Bonchev–Trinajstić information content (AvgIpc) is 3.11. The number of nitrogens with zero attached hydrogens (tertiary/aromatic N) is 3. The van der Waals surface area contributed by atoms with Gasteiger partial charge in [-0.1, -0.05) is 13.3 Å². The van der Waals surface area contributed by atoms with Crippen LogP contribution in [0.15, 0.2) is 27.8 Å². The summed E-state index contributed by atoms with van der Waals surface area (Å²) in [6.07, 6.45) is -3.14. The molecular formula is C19H22F3N7O3. The van der Waals surface area contributed by atoms with Crippen molar-refractivity contribution in [2.75, 3.05) is 29.5 Å². The highest BCUT2D eigenvalue weighted by Gasteiger charge is 2.34. The predicted molar refractivity (Wildman–Crippen MR) is 114 cm³/mol. The van der Waals surface area contributed by atoms with Crippen LogP contribution in [0.3, 0.4) is 0 Å². The number of aromatic nitrogens is 4. The van der Waals surface area contributed by atoms with Crippen LogP contribution in [-0.2, 0) is 17.5 Å². The number of carbonyl (C=O) groups is 1. The van der Waals surface area contributed by atoms with Gasteiger partial charge in [0, 0.05) is 19.3 Å². The number of nitrogens with two attached hydrogens (primary N) is 1. The number of fused-ring (bicyclic) bond motifs is 1. The molecule has 0 radical (unpaired) electrons. The smallest absolute Gasteiger partial charge is 0.383 e. The van der Waals surface area contributed by atoms with Crippen LogP contribution in [0.2, 0.25) is 0 Å². The van der Waals surface area contributed by atoms with Crippen molar-refractivity contribution >= 4 is 34.1 Å². The van der Waals surface area contributed by atoms with Crippen LogP contribution >= 0.6 is 0 Å². The van der Waals surface area contributed by atoms with Crippen molar-refractivity contribution < 1.29 is 18.0 Å². The van der Waals surface area contributed by atoms with Gasteiger partial charge in [0.25, 0.3) is 5.56 Å². The normalized spacial score (nSPS) is 11.7. The predicted octanol–water partition coefficient (Wildman–Crippen LogP) is 1.89. The highest BCUT2D eigenvalue weighted by Crippen LogP contribution is 2.29. The molecule has 1 aromatic carbocycles. The molecule has 0 spiro atoms. The fraction of sp³-hybridized carbons (Fsp3) is 0.368. The van der Waals surface area contributed by atoms with E-state index in [4.69, 9.17) is 5.73 Å². The molecule has 0 atom stereocenters. The molecule has 5 N–H and O–H groups in total. The first kappa shape index (κ1) is 22.9. The summed E-state index contributed by atoms with van der Waals surface area (Å²) in [7, 11) is 1.46. The van der Waals surface area contributed by atoms with Crippen molar-refractivity contribution in [1.29, 1.82) is 0 Å². The Labute approximate surface area is 179 Å². The molecule has 0 bridgehead atoms. The molecule has 0 aliphatic heterocycles. The number of hydrogen-bond acceptors (Lipinski definition) is 6. The Morgan fingerprint density at radius 2 is 2.00 bits per heavy atom. The number of benzene rings is 1. The summed E-state index contributed by atoms with van der Waals surface area (Å²) in [5.41, 5.74) is 5.07. The third kappa shape index (κ3) is 4.76. The number of rotatable bonds is 7. The van der Waals surface area contributed by atoms with Gasteiger partial charge in [-0.3, -0.25) is 19.1 Å². The number of unbranched alkanes of at least 4 members (excludes halogenated alkanes) is 1. The third-order valence-corrected chi connectivity index (χ3v) is 4.75. The van der Waals surface area contributed by atoms with Crippen LogP contribution in [0.5, 0.6) is 0 Å². The molecule has 0 aliphatic rings. The summed E-state index contributed by atoms with van der Waals surface area (Å²) >= 11 is 0. The van der Waals surface area contributed by atoms with Gasteiger partial charge < -0.3 is 20.9 Å². The Morgan fingerprint density at radius 3 is 2.66 bits per heavy atom. The average molecular weight is 453 g/mol. The Morgan fingerprint density at radius 1 is 1.28 bits per heavy atom. The zero-order valence-corrected chi connectivity index (χ0v) is 17.3. The second-order valence-electron chi connectivity index (χ2n) is 7.22. The van der Waals surface area contributed by atoms with Gasteiger partial charge in [0.1, 0.15) is 11.5 Å². The van der Waals surface area contributed by atoms with Gasteiger partial charge in [-0.05, 0) is 24.6 Å². The summed E-state index contributed by atoms with van der Waals surface area (Å²) < 4.78 is 39.6. The Balaban J connectivity index is 1.78. The van der Waals surface area contributed by atoms with Gasteiger partial charge in [0.05, 0.1) is 17.6 Å². The van der Waals surface area contributed by atoms with E-state index in [1.165, 1.54) is 34.7 Å². The number of alkyl halides is 3. The van der Waals surface area contributed by atoms with E-state index in [-0.39, 0.29) is 34.8 Å². The van der Waals surface area contributed by atoms with Crippen molar-refractivity contribution in [3.8, 4) is 0 Å². The van der Waals surface area contributed by atoms with E-state index in [2.05, 4.69) is 20.3 Å². The zero-order chi connectivity index (χ0) is 23.6. The van der Waals surface area contributed by atoms with Gasteiger partial charge in [0.15, 0.2) is 0 Å². The number of carbonyl (C=O) groups excluding carboxylic acids is 1. The molecule has 13 heteroatoms. The maximum absolute atomic E-state index is 12.8. The number of aromatic amines is 2. The number of anilines is 3. The van der Waals surface area contributed by atoms with E-state index in [0.717, 1.165) is 6.42 Å². The fourth-order valence-electron chi connectivity index (χ4n) is 3.20. The Kier molecular flexibility index (Phi) is 6.27. The fourth-order valence-corrected chi connectivity index (χ4v) is 3.20. The minimum atomic E-state index is -4.62. The molecule has 0 fully saturated rings. The van der Waals surface area contributed by atoms with E-state index in [1.807, 2.05) is 6.92 Å². The summed E-state index contributed by atoms with van der Waals surface area (Å²) in [5, 5.41) is 2.55. The third-order valence-electron chi connectivity index (χ3n) is 4.75. The number of likely N-dealkylation sites (N-methyl/N-ethyl adjacent to an activating group) is 1. The molecule has 10 nitrogen and oxygen atoms in total. The lowest BCUT2D eigenvalue weighted by atomic mass is 10.2. The maximum Gasteiger partial charge on any atom is 0.449 e. The van der Waals surface area contributed by atoms with Gasteiger partial charge in [-0.15, -0.1) is 0 Å². The zero-order valence-electron chi connectivity index (χ0n) is 17.3. The standard InChI is InChI=1S/C19H22F3N7O3/c1-3-4-7-29-15(23)14(16(31)27-18(29)32)28(2)9-13(30)24-10-5-6-11-12(8-10)26-17(25-11)19(20,21)22/h5-6,8H,3-4,7,9,23H2,1-2H3,(H,24,30)(H,25,26)(H,27,31,32). The number of nitrogens with one attached hydrogen (secondary N) is 3. The summed E-state index contributed by atoms with van der Waals surface area (Å²) in [6.45, 7) is 1.96. The lowest BCUT2D eigenvalue weighted by Gasteiger charge is -2.21. The molecule has 32 heavy (non-hydrogen) atoms. The summed E-state index contributed by atoms with van der Waals surface area (Å²) in [5.74, 6) is -1.74. The molecular weight excluding hydrogens is 431 g/mol. The van der Waals surface area contributed by atoms with Crippen LogP contribution in [0, 0.1) is 0 Å². The Hall–Kier alpha value is -3.77. The quantitative estimate of drug-likeness (QED) is 0.430. The van der Waals surface area contributed by atoms with Crippen LogP contribution < -0.4 is 27.2 Å². The molecule has 1 amide bonds. The minimum absolute atomic E-state index is 0.0327. The molecule has 172 valence electrons. The number of imidazole rings is 1. The minimum Gasteiger partial charge on any atom is -0.383 e. The summed E-state index contributed by atoms with van der Waals surface area (Å²) in [6, 6.07) is 4.07. The van der Waals surface area contributed by atoms with Crippen molar-refractivity contribution in [2.45, 2.75) is 32.5 Å². The van der Waals surface area contributed by atoms with Gasteiger partial charge in [0.2, 0.25) is 11.7 Å². The monoisotopic (exact) mass is 453 g/mol. The van der Waals surface area contributed by atoms with Crippen molar-refractivity contribution in [3.05, 3.63) is 44.9 Å². The first-order valence-corrected chi connectivity index (χ1v) is 9.71. The number of hydrogen-bond donors (Lipinski definition) is 4. The molecule has 0 aliphatic carbocycles. The van der Waals surface area contributed by atoms with Crippen LogP contribution in [0.4, 0.5) is 30.4 Å². The maximum atomic E-state index is 12.8. The topological polar surface area (TPSA) is 142 Å². The molecule has 3 rings (SSSR count). The number of nitrogen functional groups attached to an aromatic ring is 1. The van der Waals surface area contributed by atoms with Crippen LogP contribution in [0.1, 0.15) is 25.6 Å². The van der Waals surface area contributed by atoms with Crippen LogP contribution in [-0.4, -0.2) is 39.0 Å². The first-order valence-electron chi connectivity index (χ1n) is 9.71. The van der Waals surface area contributed by atoms with Crippen molar-refractivity contribution in [1.82, 2.24) is 19.5 Å². The van der Waals surface area contributed by atoms with Gasteiger partial charge in [-0.25, -0.2) is 9.78 Å². The lowest BCUT2D eigenvalue weighted by molar-refractivity contribution is -0.144. The van der Waals surface area contributed by atoms with E-state index in [1.54, 1.807) is 0 Å². The van der Waals surface area contributed by atoms with Gasteiger partial charge in [-0.2, -0.15) is 13.2 Å². The number of amides is 1. The molecule has 2 heterocycles.